The highest BCUT2D eigenvalue weighted by molar-refractivity contribution is 4.12. The molecule has 0 bridgehead atoms. The van der Waals surface area contributed by atoms with Crippen molar-refractivity contribution in [1.82, 2.24) is 5.90 Å². The predicted octanol–water partition coefficient (Wildman–Crippen LogP) is 0.507. The Labute approximate surface area is 31.6 Å². The first-order valence-electron chi connectivity index (χ1n) is 0.954. The van der Waals surface area contributed by atoms with Crippen molar-refractivity contribution in [3.63, 3.8) is 0 Å². The van der Waals surface area contributed by atoms with Crippen LogP contribution in [-0.2, 0) is 4.84 Å². The highest BCUT2D eigenvalue weighted by Crippen LogP contribution is 2.12. The molecule has 0 aliphatic carbocycles. The van der Waals surface area contributed by atoms with E-state index in [9.17, 15) is 13.2 Å². The number of nitrogens with zero attached hydrogens (tertiary/aromatic N) is 1. The van der Waals surface area contributed by atoms with Gasteiger partial charge < -0.3 is 0 Å². The lowest BCUT2D eigenvalue weighted by molar-refractivity contribution is -0.333. The van der Waals surface area contributed by atoms with Gasteiger partial charge >= 0.3 is 6.36 Å². The number of hydrogen-bond donors (Lipinski definition) is 0. The summed E-state index contributed by atoms with van der Waals surface area (Å²) in [6.07, 6.45) is -4.90. The van der Waals surface area contributed by atoms with Gasteiger partial charge in [-0.1, -0.05) is 0 Å². The fraction of sp³-hybridized carbons (Fsp3) is 1.00. The van der Waals surface area contributed by atoms with Crippen molar-refractivity contribution in [3.05, 3.63) is 0 Å². The van der Waals surface area contributed by atoms with Gasteiger partial charge in [0.1, 0.15) is 0 Å². The second-order valence-corrected chi connectivity index (χ2v) is 0.537. The van der Waals surface area contributed by atoms with Crippen molar-refractivity contribution in [3.8, 4) is 0 Å². The monoisotopic (exact) mass is 99.0 g/mol. The van der Waals surface area contributed by atoms with E-state index in [1.807, 2.05) is 4.84 Å². The minimum absolute atomic E-state index is 1.94. The van der Waals surface area contributed by atoms with Crippen molar-refractivity contribution in [2.75, 3.05) is 0 Å². The molecule has 0 fully saturated rings. The molecule has 0 saturated carbocycles. The number of halogens is 3. The van der Waals surface area contributed by atoms with Crippen LogP contribution in [0.3, 0.4) is 0 Å². The number of rotatable bonds is 0. The topological polar surface area (TPSA) is 31.5 Å². The molecule has 0 atom stereocenters. The molecular weight excluding hydrogens is 99.0 g/mol. The second kappa shape index (κ2) is 1.44. The van der Waals surface area contributed by atoms with Gasteiger partial charge in [-0.25, -0.2) is 0 Å². The van der Waals surface area contributed by atoms with E-state index in [2.05, 4.69) is 0 Å². The minimum Gasteiger partial charge on any atom is -0.162 e. The van der Waals surface area contributed by atoms with Gasteiger partial charge in [0.2, 0.25) is 0 Å². The lowest BCUT2D eigenvalue weighted by Crippen LogP contribution is -2.10. The molecule has 0 N–H and O–H groups in total. The molecule has 36 valence electrons. The first-order chi connectivity index (χ1) is 2.56. The molecule has 0 rings (SSSR count). The van der Waals surface area contributed by atoms with Gasteiger partial charge in [-0.2, -0.15) is 4.84 Å². The molecule has 0 heterocycles. The van der Waals surface area contributed by atoms with Crippen molar-refractivity contribution in [2.45, 2.75) is 6.36 Å². The average Bonchev–Trinajstić information content (AvgIpc) is 1.35. The van der Waals surface area contributed by atoms with Crippen LogP contribution >= 0.6 is 0 Å². The van der Waals surface area contributed by atoms with E-state index in [1.54, 1.807) is 0 Å². The zero-order valence-electron chi connectivity index (χ0n) is 2.49. The third-order valence-electron chi connectivity index (χ3n) is 0.104. The lowest BCUT2D eigenvalue weighted by Gasteiger charge is -1.93. The minimum atomic E-state index is -4.90. The molecular formula is CF3NO. The van der Waals surface area contributed by atoms with Crippen LogP contribution in [0.1, 0.15) is 0 Å². The van der Waals surface area contributed by atoms with E-state index >= 15 is 0 Å². The molecule has 0 spiro atoms. The summed E-state index contributed by atoms with van der Waals surface area (Å²) in [6.45, 7) is 0. The van der Waals surface area contributed by atoms with Gasteiger partial charge in [0.15, 0.2) is 0 Å². The SMILES string of the molecule is [N]OC(F)(F)F. The summed E-state index contributed by atoms with van der Waals surface area (Å²) < 4.78 is 30.9. The molecule has 0 aromatic carbocycles. The van der Waals surface area contributed by atoms with E-state index in [4.69, 9.17) is 5.90 Å². The smallest absolute Gasteiger partial charge is 0.162 e. The number of alkyl halides is 3. The third kappa shape index (κ3) is 3.71. The quantitative estimate of drug-likeness (QED) is 0.407. The summed E-state index contributed by atoms with van der Waals surface area (Å²) in [6, 6.07) is 0. The van der Waals surface area contributed by atoms with Crippen molar-refractivity contribution in [2.24, 2.45) is 0 Å². The van der Waals surface area contributed by atoms with E-state index < -0.39 is 6.36 Å². The maximum absolute atomic E-state index is 10.3. The van der Waals surface area contributed by atoms with E-state index in [0.29, 0.717) is 0 Å². The Morgan fingerprint density at radius 2 is 1.50 bits per heavy atom. The summed E-state index contributed by atoms with van der Waals surface area (Å²) in [7, 11) is 0. The molecule has 0 unspecified atom stereocenters. The Balaban J connectivity index is 3.17. The van der Waals surface area contributed by atoms with Crippen LogP contribution in [0.25, 0.3) is 0 Å². The second-order valence-electron chi connectivity index (χ2n) is 0.537. The Bertz CT molecular complexity index is 40.5. The van der Waals surface area contributed by atoms with Gasteiger partial charge in [-0.3, -0.25) is 0 Å². The molecule has 5 heteroatoms. The van der Waals surface area contributed by atoms with E-state index in [-0.39, 0.29) is 0 Å². The van der Waals surface area contributed by atoms with Crippen molar-refractivity contribution in [1.29, 1.82) is 0 Å². The van der Waals surface area contributed by atoms with Crippen LogP contribution in [0.2, 0.25) is 0 Å². The molecule has 2 radical (unpaired) electrons. The lowest BCUT2D eigenvalue weighted by atomic mass is 11.4. The molecule has 0 aromatic heterocycles. The standard InChI is InChI=1S/CF3NO/c2-1(3,4)6-5. The summed E-state index contributed by atoms with van der Waals surface area (Å²) >= 11 is 0. The molecule has 2 nitrogen and oxygen atoms in total. The predicted molar refractivity (Wildman–Crippen MR) is 9.27 cm³/mol. The van der Waals surface area contributed by atoms with Gasteiger partial charge in [0.05, 0.1) is 0 Å². The van der Waals surface area contributed by atoms with E-state index in [1.165, 1.54) is 0 Å². The van der Waals surface area contributed by atoms with Gasteiger partial charge in [-0.05, 0) is 0 Å². The van der Waals surface area contributed by atoms with Crippen LogP contribution < -0.4 is 5.90 Å². The van der Waals surface area contributed by atoms with Crippen LogP contribution in [0, 0.1) is 0 Å². The first-order valence-corrected chi connectivity index (χ1v) is 0.954. The summed E-state index contributed by atoms with van der Waals surface area (Å²) in [5.74, 6) is 6.78. The Morgan fingerprint density at radius 1 is 1.33 bits per heavy atom. The molecule has 0 amide bonds. The molecule has 0 saturated heterocycles. The zero-order chi connectivity index (χ0) is 5.21. The normalized spacial score (nSPS) is 12.0. The zero-order valence-corrected chi connectivity index (χ0v) is 2.49. The van der Waals surface area contributed by atoms with Crippen LogP contribution in [0.4, 0.5) is 13.2 Å². The Hall–Kier alpha value is -0.290. The third-order valence-corrected chi connectivity index (χ3v) is 0.104. The fourth-order valence-corrected chi connectivity index (χ4v) is 0. The Morgan fingerprint density at radius 3 is 1.50 bits per heavy atom. The van der Waals surface area contributed by atoms with Crippen LogP contribution in [-0.4, -0.2) is 6.36 Å². The molecule has 6 heavy (non-hydrogen) atoms. The first kappa shape index (κ1) is 5.71. The van der Waals surface area contributed by atoms with Gasteiger partial charge in [0.25, 0.3) is 0 Å². The fourth-order valence-electron chi connectivity index (χ4n) is 0. The van der Waals surface area contributed by atoms with Crippen molar-refractivity contribution < 1.29 is 18.0 Å². The Kier molecular flexibility index (Phi) is 1.37. The summed E-state index contributed by atoms with van der Waals surface area (Å²) in [4.78, 5) is 1.94. The summed E-state index contributed by atoms with van der Waals surface area (Å²) in [5, 5.41) is 0. The highest BCUT2D eigenvalue weighted by atomic mass is 19.4. The van der Waals surface area contributed by atoms with E-state index in [0.717, 1.165) is 0 Å². The molecule has 0 aromatic rings. The number of hydrogen-bond acceptors (Lipinski definition) is 1. The highest BCUT2D eigenvalue weighted by Gasteiger charge is 2.28. The molecule has 0 aliphatic rings. The van der Waals surface area contributed by atoms with Crippen molar-refractivity contribution >= 4 is 0 Å². The van der Waals surface area contributed by atoms with Gasteiger partial charge in [-0.15, -0.1) is 13.2 Å². The maximum atomic E-state index is 10.3. The van der Waals surface area contributed by atoms with Crippen LogP contribution in [0.15, 0.2) is 0 Å². The van der Waals surface area contributed by atoms with Crippen LogP contribution in [0.5, 0.6) is 0 Å². The summed E-state index contributed by atoms with van der Waals surface area (Å²) in [5.41, 5.74) is 0. The maximum Gasteiger partial charge on any atom is 0.541 e. The average molecular weight is 99.0 g/mol. The molecule has 0 aliphatic heterocycles. The largest absolute Gasteiger partial charge is 0.541 e. The van der Waals surface area contributed by atoms with Gasteiger partial charge in [0, 0.05) is 5.90 Å².